The molecule has 2 atom stereocenters. The molecule has 2 aromatic carbocycles. The monoisotopic (exact) mass is 412 g/mol. The fourth-order valence-electron chi connectivity index (χ4n) is 4.59. The third-order valence-electron chi connectivity index (χ3n) is 6.65. The van der Waals surface area contributed by atoms with Gasteiger partial charge in [0, 0.05) is 18.2 Å². The molecule has 1 fully saturated rings. The van der Waals surface area contributed by atoms with Crippen LogP contribution in [0.1, 0.15) is 56.6 Å². The summed E-state index contributed by atoms with van der Waals surface area (Å²) in [7, 11) is 0. The molecule has 1 aliphatic carbocycles. The van der Waals surface area contributed by atoms with Crippen molar-refractivity contribution in [2.45, 2.75) is 52.4 Å². The SMILES string of the molecule is CCC1CCCC(CNc2cc(-c3ccc(C)cc3)n(-c3ccc(C#N)cc3)n2)CC1. The number of rotatable bonds is 6. The highest BCUT2D eigenvalue weighted by atomic mass is 15.3. The number of aryl methyl sites for hydroxylation is 1. The van der Waals surface area contributed by atoms with Crippen molar-refractivity contribution >= 4 is 5.82 Å². The van der Waals surface area contributed by atoms with Crippen LogP contribution in [0.4, 0.5) is 5.82 Å². The van der Waals surface area contributed by atoms with Gasteiger partial charge in [-0.15, -0.1) is 5.10 Å². The fraction of sp³-hybridized carbons (Fsp3) is 0.407. The molecule has 1 N–H and O–H groups in total. The maximum Gasteiger partial charge on any atom is 0.149 e. The van der Waals surface area contributed by atoms with Gasteiger partial charge in [-0.1, -0.05) is 62.4 Å². The number of anilines is 1. The van der Waals surface area contributed by atoms with Crippen molar-refractivity contribution in [2.24, 2.45) is 11.8 Å². The Morgan fingerprint density at radius 3 is 2.42 bits per heavy atom. The normalized spacial score (nSPS) is 18.9. The number of nitriles is 1. The lowest BCUT2D eigenvalue weighted by Gasteiger charge is -2.15. The molecule has 4 rings (SSSR count). The zero-order valence-corrected chi connectivity index (χ0v) is 18.6. The van der Waals surface area contributed by atoms with Crippen molar-refractivity contribution in [2.75, 3.05) is 11.9 Å². The first kappa shape index (κ1) is 21.2. The van der Waals surface area contributed by atoms with Crippen molar-refractivity contribution in [3.05, 3.63) is 65.7 Å². The Bertz CT molecular complexity index is 1020. The standard InChI is InChI=1S/C27H32N4/c1-3-21-5-4-6-23(10-9-21)19-29-27-17-26(24-13-7-20(2)8-14-24)31(30-27)25-15-11-22(18-28)12-16-25/h7-8,11-17,21,23H,3-6,9-10,19H2,1-2H3,(H,29,30). The molecule has 4 nitrogen and oxygen atoms in total. The van der Waals surface area contributed by atoms with Crippen LogP contribution in [-0.2, 0) is 0 Å². The first-order valence-electron chi connectivity index (χ1n) is 11.6. The summed E-state index contributed by atoms with van der Waals surface area (Å²) >= 11 is 0. The Hall–Kier alpha value is -3.06. The maximum atomic E-state index is 9.13. The molecule has 0 radical (unpaired) electrons. The highest BCUT2D eigenvalue weighted by molar-refractivity contribution is 5.66. The molecule has 1 aliphatic rings. The second-order valence-corrected chi connectivity index (χ2v) is 8.88. The summed E-state index contributed by atoms with van der Waals surface area (Å²) in [5, 5.41) is 17.6. The zero-order valence-electron chi connectivity index (χ0n) is 18.6. The smallest absolute Gasteiger partial charge is 0.149 e. The van der Waals surface area contributed by atoms with E-state index in [0.29, 0.717) is 5.56 Å². The first-order valence-corrected chi connectivity index (χ1v) is 11.6. The van der Waals surface area contributed by atoms with Gasteiger partial charge in [-0.3, -0.25) is 0 Å². The fourth-order valence-corrected chi connectivity index (χ4v) is 4.59. The molecule has 0 aliphatic heterocycles. The molecule has 0 bridgehead atoms. The number of hydrogen-bond acceptors (Lipinski definition) is 3. The Labute approximate surface area is 185 Å². The van der Waals surface area contributed by atoms with E-state index in [4.69, 9.17) is 10.4 Å². The van der Waals surface area contributed by atoms with Crippen LogP contribution < -0.4 is 5.32 Å². The van der Waals surface area contributed by atoms with Gasteiger partial charge in [0.25, 0.3) is 0 Å². The van der Waals surface area contributed by atoms with E-state index in [1.165, 1.54) is 44.1 Å². The van der Waals surface area contributed by atoms with Gasteiger partial charge in [0.05, 0.1) is 23.0 Å². The molecular formula is C27H32N4. The van der Waals surface area contributed by atoms with Crippen LogP contribution in [0.5, 0.6) is 0 Å². The van der Waals surface area contributed by atoms with Gasteiger partial charge in [0.2, 0.25) is 0 Å². The number of benzene rings is 2. The van der Waals surface area contributed by atoms with E-state index in [-0.39, 0.29) is 0 Å². The molecule has 2 unspecified atom stereocenters. The Kier molecular flexibility index (Phi) is 6.72. The predicted octanol–water partition coefficient (Wildman–Crippen LogP) is 6.74. The van der Waals surface area contributed by atoms with E-state index in [1.54, 1.807) is 0 Å². The number of nitrogens with one attached hydrogen (secondary N) is 1. The zero-order chi connectivity index (χ0) is 21.6. The molecule has 3 aromatic rings. The number of hydrogen-bond donors (Lipinski definition) is 1. The minimum Gasteiger partial charge on any atom is -0.368 e. The van der Waals surface area contributed by atoms with Gasteiger partial charge in [-0.05, 0) is 55.9 Å². The average Bonchev–Trinajstić information content (AvgIpc) is 3.09. The molecular weight excluding hydrogens is 380 g/mol. The lowest BCUT2D eigenvalue weighted by molar-refractivity contribution is 0.430. The van der Waals surface area contributed by atoms with Crippen molar-refractivity contribution in [3.63, 3.8) is 0 Å². The van der Waals surface area contributed by atoms with Crippen LogP contribution in [0.2, 0.25) is 0 Å². The van der Waals surface area contributed by atoms with Crippen molar-refractivity contribution in [3.8, 4) is 23.0 Å². The molecule has 4 heteroatoms. The average molecular weight is 413 g/mol. The largest absolute Gasteiger partial charge is 0.368 e. The van der Waals surface area contributed by atoms with Gasteiger partial charge in [0.1, 0.15) is 5.82 Å². The van der Waals surface area contributed by atoms with Gasteiger partial charge in [-0.25, -0.2) is 4.68 Å². The van der Waals surface area contributed by atoms with Gasteiger partial charge in [0.15, 0.2) is 0 Å². The molecule has 31 heavy (non-hydrogen) atoms. The Morgan fingerprint density at radius 2 is 1.71 bits per heavy atom. The molecule has 0 saturated heterocycles. The maximum absolute atomic E-state index is 9.13. The minimum atomic E-state index is 0.657. The van der Waals surface area contributed by atoms with E-state index in [1.807, 2.05) is 28.9 Å². The highest BCUT2D eigenvalue weighted by Gasteiger charge is 2.19. The summed E-state index contributed by atoms with van der Waals surface area (Å²) in [6.45, 7) is 5.41. The van der Waals surface area contributed by atoms with Crippen LogP contribution in [-0.4, -0.2) is 16.3 Å². The molecule has 1 saturated carbocycles. The van der Waals surface area contributed by atoms with Gasteiger partial charge in [-0.2, -0.15) is 5.26 Å². The van der Waals surface area contributed by atoms with E-state index in [2.05, 4.69) is 55.6 Å². The van der Waals surface area contributed by atoms with Crippen molar-refractivity contribution in [1.82, 2.24) is 9.78 Å². The van der Waals surface area contributed by atoms with Gasteiger partial charge >= 0.3 is 0 Å². The Balaban J connectivity index is 1.57. The van der Waals surface area contributed by atoms with Crippen LogP contribution in [0.25, 0.3) is 16.9 Å². The van der Waals surface area contributed by atoms with E-state index in [0.717, 1.165) is 41.1 Å². The molecule has 0 spiro atoms. The topological polar surface area (TPSA) is 53.6 Å². The molecule has 160 valence electrons. The lowest BCUT2D eigenvalue weighted by Crippen LogP contribution is -2.14. The van der Waals surface area contributed by atoms with Crippen LogP contribution in [0.3, 0.4) is 0 Å². The molecule has 1 aromatic heterocycles. The summed E-state index contributed by atoms with van der Waals surface area (Å²) in [6, 6.07) is 20.5. The van der Waals surface area contributed by atoms with Crippen LogP contribution >= 0.6 is 0 Å². The van der Waals surface area contributed by atoms with E-state index >= 15 is 0 Å². The summed E-state index contributed by atoms with van der Waals surface area (Å²) < 4.78 is 1.98. The van der Waals surface area contributed by atoms with Crippen LogP contribution in [0, 0.1) is 30.1 Å². The van der Waals surface area contributed by atoms with Crippen molar-refractivity contribution < 1.29 is 0 Å². The highest BCUT2D eigenvalue weighted by Crippen LogP contribution is 2.30. The lowest BCUT2D eigenvalue weighted by atomic mass is 9.96. The minimum absolute atomic E-state index is 0.657. The van der Waals surface area contributed by atoms with E-state index < -0.39 is 0 Å². The third kappa shape index (κ3) is 5.17. The summed E-state index contributed by atoms with van der Waals surface area (Å²) in [6.07, 6.45) is 8.03. The second kappa shape index (κ2) is 9.83. The molecule has 1 heterocycles. The summed E-state index contributed by atoms with van der Waals surface area (Å²) in [4.78, 5) is 0. The second-order valence-electron chi connectivity index (χ2n) is 8.88. The van der Waals surface area contributed by atoms with Crippen LogP contribution in [0.15, 0.2) is 54.6 Å². The van der Waals surface area contributed by atoms with Gasteiger partial charge < -0.3 is 5.32 Å². The summed E-state index contributed by atoms with van der Waals surface area (Å²) in [5.41, 5.74) is 5.05. The Morgan fingerprint density at radius 1 is 1.00 bits per heavy atom. The predicted molar refractivity (Wildman–Crippen MR) is 127 cm³/mol. The quantitative estimate of drug-likeness (QED) is 0.456. The van der Waals surface area contributed by atoms with Crippen molar-refractivity contribution in [1.29, 1.82) is 5.26 Å². The summed E-state index contributed by atoms with van der Waals surface area (Å²) in [5.74, 6) is 2.55. The third-order valence-corrected chi connectivity index (χ3v) is 6.65. The number of aromatic nitrogens is 2. The first-order chi connectivity index (χ1) is 15.2. The number of nitrogens with zero attached hydrogens (tertiary/aromatic N) is 3. The van der Waals surface area contributed by atoms with E-state index in [9.17, 15) is 0 Å². The molecule has 0 amide bonds.